The molecule has 8 nitrogen and oxygen atoms in total. The SMILES string of the molecule is Cc1cc(F)ccc1S(=O)(=O)Nc1ccccc1C(=O)OCC(=O)c1ccc2c(c1)OCCO2. The molecule has 0 saturated heterocycles. The number of ketones is 1. The lowest BCUT2D eigenvalue weighted by atomic mass is 10.1. The number of carbonyl (C=O) groups is 2. The number of Topliss-reactive ketones (excluding diaryl/α,β-unsaturated/α-hetero) is 1. The fourth-order valence-corrected chi connectivity index (χ4v) is 4.68. The lowest BCUT2D eigenvalue weighted by Crippen LogP contribution is -2.19. The number of ether oxygens (including phenoxy) is 3. The van der Waals surface area contributed by atoms with Crippen molar-refractivity contribution >= 4 is 27.5 Å². The first-order valence-electron chi connectivity index (χ1n) is 10.2. The van der Waals surface area contributed by atoms with Crippen molar-refractivity contribution in [3.05, 3.63) is 83.2 Å². The molecular formula is C24H20FNO7S. The summed E-state index contributed by atoms with van der Waals surface area (Å²) in [6.45, 7) is 1.68. The fourth-order valence-electron chi connectivity index (χ4n) is 3.37. The minimum Gasteiger partial charge on any atom is -0.486 e. The molecule has 0 saturated carbocycles. The smallest absolute Gasteiger partial charge is 0.340 e. The van der Waals surface area contributed by atoms with E-state index in [1.54, 1.807) is 6.07 Å². The predicted molar refractivity (Wildman–Crippen MR) is 120 cm³/mol. The summed E-state index contributed by atoms with van der Waals surface area (Å²) >= 11 is 0. The van der Waals surface area contributed by atoms with Gasteiger partial charge in [-0.05, 0) is 61.0 Å². The van der Waals surface area contributed by atoms with E-state index in [-0.39, 0.29) is 27.3 Å². The molecular weight excluding hydrogens is 465 g/mol. The summed E-state index contributed by atoms with van der Waals surface area (Å²) in [5, 5.41) is 0. The van der Waals surface area contributed by atoms with Crippen molar-refractivity contribution in [1.82, 2.24) is 0 Å². The summed E-state index contributed by atoms with van der Waals surface area (Å²) in [6.07, 6.45) is 0. The van der Waals surface area contributed by atoms with Gasteiger partial charge in [-0.2, -0.15) is 0 Å². The van der Waals surface area contributed by atoms with Crippen LogP contribution in [0.5, 0.6) is 11.5 Å². The zero-order chi connectivity index (χ0) is 24.3. The van der Waals surface area contributed by atoms with Crippen molar-refractivity contribution in [3.8, 4) is 11.5 Å². The quantitative estimate of drug-likeness (QED) is 0.401. The van der Waals surface area contributed by atoms with E-state index in [1.807, 2.05) is 0 Å². The average Bonchev–Trinajstić information content (AvgIpc) is 2.81. The van der Waals surface area contributed by atoms with Crippen LogP contribution in [-0.2, 0) is 14.8 Å². The summed E-state index contributed by atoms with van der Waals surface area (Å²) in [6, 6.07) is 13.7. The van der Waals surface area contributed by atoms with Crippen LogP contribution in [0.3, 0.4) is 0 Å². The fraction of sp³-hybridized carbons (Fsp3) is 0.167. The Morgan fingerprint density at radius 2 is 1.74 bits per heavy atom. The third-order valence-electron chi connectivity index (χ3n) is 5.02. The van der Waals surface area contributed by atoms with Crippen molar-refractivity contribution in [2.24, 2.45) is 0 Å². The zero-order valence-electron chi connectivity index (χ0n) is 18.0. The van der Waals surface area contributed by atoms with Gasteiger partial charge in [-0.3, -0.25) is 9.52 Å². The third kappa shape index (κ3) is 5.01. The highest BCUT2D eigenvalue weighted by atomic mass is 32.2. The number of anilines is 1. The van der Waals surface area contributed by atoms with Crippen LogP contribution in [0.2, 0.25) is 0 Å². The van der Waals surface area contributed by atoms with Crippen molar-refractivity contribution in [2.45, 2.75) is 11.8 Å². The number of carbonyl (C=O) groups excluding carboxylic acids is 2. The van der Waals surface area contributed by atoms with Gasteiger partial charge in [0, 0.05) is 5.56 Å². The van der Waals surface area contributed by atoms with Crippen LogP contribution >= 0.6 is 0 Å². The van der Waals surface area contributed by atoms with Crippen LogP contribution in [0.15, 0.2) is 65.6 Å². The molecule has 0 spiro atoms. The number of rotatable bonds is 7. The molecule has 3 aromatic carbocycles. The number of para-hydroxylation sites is 1. The van der Waals surface area contributed by atoms with Gasteiger partial charge in [0.05, 0.1) is 16.1 Å². The third-order valence-corrected chi connectivity index (χ3v) is 6.54. The topological polar surface area (TPSA) is 108 Å². The molecule has 4 rings (SSSR count). The van der Waals surface area contributed by atoms with Crippen LogP contribution in [0, 0.1) is 12.7 Å². The molecule has 0 fully saturated rings. The first-order chi connectivity index (χ1) is 16.2. The molecule has 1 aliphatic rings. The van der Waals surface area contributed by atoms with E-state index in [0.717, 1.165) is 18.2 Å². The van der Waals surface area contributed by atoms with Gasteiger partial charge in [-0.1, -0.05) is 12.1 Å². The molecule has 0 bridgehead atoms. The summed E-state index contributed by atoms with van der Waals surface area (Å²) in [5.41, 5.74) is 0.360. The molecule has 176 valence electrons. The van der Waals surface area contributed by atoms with Crippen LogP contribution in [0.1, 0.15) is 26.3 Å². The Labute approximate surface area is 195 Å². The molecule has 0 atom stereocenters. The molecule has 34 heavy (non-hydrogen) atoms. The average molecular weight is 485 g/mol. The number of sulfonamides is 1. The molecule has 10 heteroatoms. The van der Waals surface area contributed by atoms with Gasteiger partial charge in [0.15, 0.2) is 23.9 Å². The monoisotopic (exact) mass is 485 g/mol. The minimum absolute atomic E-state index is 0.0389. The Morgan fingerprint density at radius 1 is 1.00 bits per heavy atom. The van der Waals surface area contributed by atoms with Gasteiger partial charge in [0.25, 0.3) is 10.0 Å². The van der Waals surface area contributed by atoms with Gasteiger partial charge in [-0.15, -0.1) is 0 Å². The van der Waals surface area contributed by atoms with E-state index in [2.05, 4.69) is 4.72 Å². The lowest BCUT2D eigenvalue weighted by Gasteiger charge is -2.18. The second kappa shape index (κ2) is 9.52. The van der Waals surface area contributed by atoms with Gasteiger partial charge in [0.1, 0.15) is 19.0 Å². The normalized spacial score (nSPS) is 12.6. The van der Waals surface area contributed by atoms with E-state index in [4.69, 9.17) is 14.2 Å². The number of esters is 1. The van der Waals surface area contributed by atoms with Gasteiger partial charge in [0.2, 0.25) is 0 Å². The van der Waals surface area contributed by atoms with Gasteiger partial charge < -0.3 is 14.2 Å². The highest BCUT2D eigenvalue weighted by molar-refractivity contribution is 7.92. The number of nitrogens with one attached hydrogen (secondary N) is 1. The van der Waals surface area contributed by atoms with Gasteiger partial charge in [-0.25, -0.2) is 17.6 Å². The highest BCUT2D eigenvalue weighted by Crippen LogP contribution is 2.31. The van der Waals surface area contributed by atoms with E-state index in [1.165, 1.54) is 43.3 Å². The molecule has 1 heterocycles. The first-order valence-corrected chi connectivity index (χ1v) is 11.7. The molecule has 1 aliphatic heterocycles. The van der Waals surface area contributed by atoms with Crippen LogP contribution in [-0.4, -0.2) is 40.0 Å². The maximum atomic E-state index is 13.4. The van der Waals surface area contributed by atoms with E-state index in [0.29, 0.717) is 24.7 Å². The molecule has 0 unspecified atom stereocenters. The summed E-state index contributed by atoms with van der Waals surface area (Å²) in [4.78, 5) is 25.0. The summed E-state index contributed by atoms with van der Waals surface area (Å²) in [5.74, 6) is -0.967. The molecule has 0 aromatic heterocycles. The molecule has 0 aliphatic carbocycles. The number of benzene rings is 3. The number of hydrogen-bond donors (Lipinski definition) is 1. The second-order valence-corrected chi connectivity index (χ2v) is 9.07. The maximum absolute atomic E-state index is 13.4. The molecule has 1 N–H and O–H groups in total. The lowest BCUT2D eigenvalue weighted by molar-refractivity contribution is 0.0475. The maximum Gasteiger partial charge on any atom is 0.340 e. The summed E-state index contributed by atoms with van der Waals surface area (Å²) in [7, 11) is -4.12. The zero-order valence-corrected chi connectivity index (χ0v) is 18.9. The van der Waals surface area contributed by atoms with Crippen LogP contribution in [0.25, 0.3) is 0 Å². The number of fused-ring (bicyclic) bond motifs is 1. The Hall–Kier alpha value is -3.92. The van der Waals surface area contributed by atoms with E-state index >= 15 is 0 Å². The highest BCUT2D eigenvalue weighted by Gasteiger charge is 2.22. The molecule has 0 amide bonds. The van der Waals surface area contributed by atoms with Crippen LogP contribution in [0.4, 0.5) is 10.1 Å². The van der Waals surface area contributed by atoms with Crippen molar-refractivity contribution in [2.75, 3.05) is 24.5 Å². The first kappa shape index (κ1) is 23.2. The Kier molecular flexibility index (Phi) is 6.51. The van der Waals surface area contributed by atoms with Crippen molar-refractivity contribution < 1.29 is 36.6 Å². The standard InChI is InChI=1S/C24H20FNO7S/c1-15-12-17(25)7-9-23(15)34(29,30)26-19-5-3-2-4-18(19)24(28)33-14-20(27)16-6-8-21-22(13-16)32-11-10-31-21/h2-9,12-13,26H,10-11,14H2,1H3. The predicted octanol–water partition coefficient (Wildman–Crippen LogP) is 3.75. The Morgan fingerprint density at radius 3 is 2.50 bits per heavy atom. The second-order valence-electron chi connectivity index (χ2n) is 7.42. The number of aryl methyl sites for hydroxylation is 1. The Bertz CT molecular complexity index is 1370. The van der Waals surface area contributed by atoms with Crippen LogP contribution < -0.4 is 14.2 Å². The molecule has 3 aromatic rings. The Balaban J connectivity index is 1.48. The molecule has 0 radical (unpaired) electrons. The van der Waals surface area contributed by atoms with E-state index in [9.17, 15) is 22.4 Å². The number of halogens is 1. The van der Waals surface area contributed by atoms with E-state index < -0.39 is 34.2 Å². The summed E-state index contributed by atoms with van der Waals surface area (Å²) < 4.78 is 57.3. The minimum atomic E-state index is -4.12. The largest absolute Gasteiger partial charge is 0.486 e. The van der Waals surface area contributed by atoms with Crippen molar-refractivity contribution in [3.63, 3.8) is 0 Å². The number of hydrogen-bond acceptors (Lipinski definition) is 7. The van der Waals surface area contributed by atoms with Gasteiger partial charge >= 0.3 is 5.97 Å². The van der Waals surface area contributed by atoms with Crippen molar-refractivity contribution in [1.29, 1.82) is 0 Å².